The molecule has 1 saturated heterocycles. The third-order valence-corrected chi connectivity index (χ3v) is 5.65. The van der Waals surface area contributed by atoms with E-state index in [0.717, 1.165) is 28.0 Å². The summed E-state index contributed by atoms with van der Waals surface area (Å²) in [6.07, 6.45) is 1.24. The zero-order valence-electron chi connectivity index (χ0n) is 13.7. The minimum Gasteiger partial charge on any atom is -0.480 e. The van der Waals surface area contributed by atoms with Gasteiger partial charge in [0.25, 0.3) is 5.91 Å². The maximum Gasteiger partial charge on any atom is 0.326 e. The fourth-order valence-corrected chi connectivity index (χ4v) is 4.44. The first-order valence-electron chi connectivity index (χ1n) is 8.14. The van der Waals surface area contributed by atoms with Crippen molar-refractivity contribution in [1.82, 2.24) is 14.7 Å². The van der Waals surface area contributed by atoms with Crippen molar-refractivity contribution in [3.8, 4) is 5.69 Å². The van der Waals surface area contributed by atoms with Crippen molar-refractivity contribution in [2.75, 3.05) is 6.54 Å². The molecule has 2 aromatic heterocycles. The van der Waals surface area contributed by atoms with Gasteiger partial charge in [-0.2, -0.15) is 5.10 Å². The lowest BCUT2D eigenvalue weighted by Crippen LogP contribution is -2.40. The average Bonchev–Trinajstić information content (AvgIpc) is 3.31. The summed E-state index contributed by atoms with van der Waals surface area (Å²) < 4.78 is 1.84. The number of nitrogens with zero attached hydrogens (tertiary/aromatic N) is 3. The Hall–Kier alpha value is -2.67. The molecule has 128 valence electrons. The fourth-order valence-electron chi connectivity index (χ4n) is 3.30. The summed E-state index contributed by atoms with van der Waals surface area (Å²) in [7, 11) is 0. The zero-order valence-corrected chi connectivity index (χ0v) is 14.5. The molecule has 1 amide bonds. The number of benzene rings is 1. The Labute approximate surface area is 148 Å². The molecule has 0 aliphatic carbocycles. The molecule has 3 heterocycles. The van der Waals surface area contributed by atoms with Crippen LogP contribution < -0.4 is 0 Å². The second-order valence-electron chi connectivity index (χ2n) is 6.16. The van der Waals surface area contributed by atoms with Gasteiger partial charge in [0.05, 0.1) is 16.3 Å². The number of aryl methyl sites for hydroxylation is 1. The van der Waals surface area contributed by atoms with Crippen LogP contribution in [0.2, 0.25) is 0 Å². The number of fused-ring (bicyclic) bond motifs is 1. The summed E-state index contributed by atoms with van der Waals surface area (Å²) in [5.74, 6) is -1.14. The Kier molecular flexibility index (Phi) is 3.80. The van der Waals surface area contributed by atoms with Gasteiger partial charge in [0, 0.05) is 11.9 Å². The van der Waals surface area contributed by atoms with Gasteiger partial charge in [0.2, 0.25) is 0 Å². The number of aromatic nitrogens is 2. The number of rotatable bonds is 3. The highest BCUT2D eigenvalue weighted by Gasteiger charge is 2.35. The molecule has 25 heavy (non-hydrogen) atoms. The second kappa shape index (κ2) is 6.00. The van der Waals surface area contributed by atoms with Crippen molar-refractivity contribution in [1.29, 1.82) is 0 Å². The SMILES string of the molecule is Cc1nn(-c2ccccc2)c2sc(C(=O)N3CCCC3C(=O)O)cc12. The highest BCUT2D eigenvalue weighted by molar-refractivity contribution is 7.20. The normalized spacial score (nSPS) is 17.3. The first kappa shape index (κ1) is 15.8. The first-order valence-corrected chi connectivity index (χ1v) is 8.96. The number of hydrogen-bond acceptors (Lipinski definition) is 4. The Balaban J connectivity index is 1.75. The molecule has 1 atom stereocenters. The molecule has 4 rings (SSSR count). The molecule has 3 aromatic rings. The number of aliphatic carboxylic acids is 1. The Morgan fingerprint density at radius 1 is 1.28 bits per heavy atom. The average molecular weight is 355 g/mol. The van der Waals surface area contributed by atoms with Crippen LogP contribution in [0.3, 0.4) is 0 Å². The van der Waals surface area contributed by atoms with Gasteiger partial charge >= 0.3 is 5.97 Å². The van der Waals surface area contributed by atoms with E-state index in [4.69, 9.17) is 0 Å². The van der Waals surface area contributed by atoms with Crippen LogP contribution in [0.25, 0.3) is 15.9 Å². The van der Waals surface area contributed by atoms with Gasteiger partial charge in [0.15, 0.2) is 0 Å². The summed E-state index contributed by atoms with van der Waals surface area (Å²) in [5, 5.41) is 14.8. The van der Waals surface area contributed by atoms with Gasteiger partial charge in [-0.05, 0) is 38.0 Å². The zero-order chi connectivity index (χ0) is 17.6. The van der Waals surface area contributed by atoms with Crippen molar-refractivity contribution >= 4 is 33.4 Å². The molecule has 7 heteroatoms. The third kappa shape index (κ3) is 2.60. The van der Waals surface area contributed by atoms with E-state index >= 15 is 0 Å². The van der Waals surface area contributed by atoms with Gasteiger partial charge in [-0.3, -0.25) is 4.79 Å². The molecule has 1 fully saturated rings. The predicted molar refractivity (Wildman–Crippen MR) is 95.4 cm³/mol. The van der Waals surface area contributed by atoms with E-state index in [0.29, 0.717) is 17.8 Å². The van der Waals surface area contributed by atoms with Crippen LogP contribution in [0, 0.1) is 6.92 Å². The molecule has 0 spiro atoms. The lowest BCUT2D eigenvalue weighted by Gasteiger charge is -2.20. The molecule has 1 aliphatic rings. The maximum absolute atomic E-state index is 12.8. The standard InChI is InChI=1S/C18H17N3O3S/c1-11-13-10-15(16(22)20-9-5-8-14(20)18(23)24)25-17(13)21(19-11)12-6-3-2-4-7-12/h2-4,6-7,10,14H,5,8-9H2,1H3,(H,23,24). The van der Waals surface area contributed by atoms with E-state index in [1.165, 1.54) is 16.2 Å². The number of carboxylic acids is 1. The highest BCUT2D eigenvalue weighted by atomic mass is 32.1. The Bertz CT molecular complexity index is 961. The minimum absolute atomic E-state index is 0.204. The lowest BCUT2D eigenvalue weighted by molar-refractivity contribution is -0.141. The lowest BCUT2D eigenvalue weighted by atomic mass is 10.2. The summed E-state index contributed by atoms with van der Waals surface area (Å²) in [6, 6.07) is 10.9. The largest absolute Gasteiger partial charge is 0.480 e. The first-order chi connectivity index (χ1) is 12.1. The third-order valence-electron chi connectivity index (χ3n) is 4.55. The van der Waals surface area contributed by atoms with Crippen LogP contribution in [0.5, 0.6) is 0 Å². The molecule has 0 radical (unpaired) electrons. The van der Waals surface area contributed by atoms with Crippen LogP contribution in [-0.2, 0) is 4.79 Å². The summed E-state index contributed by atoms with van der Waals surface area (Å²) in [6.45, 7) is 2.41. The van der Waals surface area contributed by atoms with Gasteiger partial charge in [0.1, 0.15) is 10.9 Å². The van der Waals surface area contributed by atoms with Crippen molar-refractivity contribution in [2.24, 2.45) is 0 Å². The van der Waals surface area contributed by atoms with Gasteiger partial charge in [-0.1, -0.05) is 18.2 Å². The smallest absolute Gasteiger partial charge is 0.326 e. The summed E-state index contributed by atoms with van der Waals surface area (Å²) >= 11 is 1.36. The monoisotopic (exact) mass is 355 g/mol. The van der Waals surface area contributed by atoms with Gasteiger partial charge in [-0.25, -0.2) is 9.48 Å². The number of likely N-dealkylation sites (tertiary alicyclic amines) is 1. The number of carboxylic acid groups (broad SMARTS) is 1. The maximum atomic E-state index is 12.8. The second-order valence-corrected chi connectivity index (χ2v) is 7.19. The molecule has 6 nitrogen and oxygen atoms in total. The number of carbonyl (C=O) groups is 2. The number of amides is 1. The van der Waals surface area contributed by atoms with Crippen LogP contribution in [0.1, 0.15) is 28.2 Å². The van der Waals surface area contributed by atoms with Gasteiger partial charge < -0.3 is 10.0 Å². The fraction of sp³-hybridized carbons (Fsp3) is 0.278. The minimum atomic E-state index is -0.932. The van der Waals surface area contributed by atoms with Crippen LogP contribution in [0.15, 0.2) is 36.4 Å². The summed E-state index contributed by atoms with van der Waals surface area (Å²) in [5.41, 5.74) is 1.79. The van der Waals surface area contributed by atoms with E-state index < -0.39 is 12.0 Å². The van der Waals surface area contributed by atoms with E-state index in [9.17, 15) is 14.7 Å². The van der Waals surface area contributed by atoms with Crippen LogP contribution >= 0.6 is 11.3 Å². The Morgan fingerprint density at radius 2 is 2.04 bits per heavy atom. The van der Waals surface area contributed by atoms with Crippen LogP contribution in [0.4, 0.5) is 0 Å². The molecule has 1 unspecified atom stereocenters. The molecule has 1 aliphatic heterocycles. The predicted octanol–water partition coefficient (Wildman–Crippen LogP) is 3.08. The molecule has 1 N–H and O–H groups in total. The summed E-state index contributed by atoms with van der Waals surface area (Å²) in [4.78, 5) is 27.1. The molecule has 0 bridgehead atoms. The Morgan fingerprint density at radius 3 is 2.76 bits per heavy atom. The molecular formula is C18H17N3O3S. The number of para-hydroxylation sites is 1. The van der Waals surface area contributed by atoms with E-state index in [2.05, 4.69) is 5.10 Å². The molecule has 0 saturated carbocycles. The van der Waals surface area contributed by atoms with Crippen LogP contribution in [-0.4, -0.2) is 44.3 Å². The van der Waals surface area contributed by atoms with Gasteiger partial charge in [-0.15, -0.1) is 11.3 Å². The van der Waals surface area contributed by atoms with E-state index in [1.54, 1.807) is 0 Å². The van der Waals surface area contributed by atoms with E-state index in [1.807, 2.05) is 48.0 Å². The van der Waals surface area contributed by atoms with Crippen molar-refractivity contribution in [3.05, 3.63) is 47.0 Å². The quantitative estimate of drug-likeness (QED) is 0.783. The molecule has 1 aromatic carbocycles. The molecular weight excluding hydrogens is 338 g/mol. The highest BCUT2D eigenvalue weighted by Crippen LogP contribution is 2.32. The van der Waals surface area contributed by atoms with Crippen molar-refractivity contribution < 1.29 is 14.7 Å². The number of carbonyl (C=O) groups excluding carboxylic acids is 1. The number of hydrogen-bond donors (Lipinski definition) is 1. The van der Waals surface area contributed by atoms with E-state index in [-0.39, 0.29) is 5.91 Å². The van der Waals surface area contributed by atoms with Crippen molar-refractivity contribution in [2.45, 2.75) is 25.8 Å². The van der Waals surface area contributed by atoms with Crippen molar-refractivity contribution in [3.63, 3.8) is 0 Å². The number of thiophene rings is 1. The topological polar surface area (TPSA) is 75.4 Å².